The van der Waals surface area contributed by atoms with E-state index in [9.17, 15) is 4.79 Å². The fraction of sp³-hybridized carbons (Fsp3) is 0.556. The summed E-state index contributed by atoms with van der Waals surface area (Å²) in [5, 5.41) is 0. The topological polar surface area (TPSA) is 60.4 Å². The molecule has 0 aromatic rings. The molecule has 0 aliphatic heterocycles. The summed E-state index contributed by atoms with van der Waals surface area (Å²) in [6.07, 6.45) is 0.995. The molecule has 0 fully saturated rings. The van der Waals surface area contributed by atoms with Crippen molar-refractivity contribution in [1.82, 2.24) is 0 Å². The van der Waals surface area contributed by atoms with Gasteiger partial charge < -0.3 is 4.74 Å². The average Bonchev–Trinajstić information content (AvgIpc) is 2.06. The van der Waals surface area contributed by atoms with Crippen LogP contribution in [0, 0.1) is 0 Å². The highest BCUT2D eigenvalue weighted by Crippen LogP contribution is 2.08. The molecule has 0 saturated heterocycles. The summed E-state index contributed by atoms with van der Waals surface area (Å²) < 4.78 is 4.57. The quantitative estimate of drug-likeness (QED) is 0.482. The molecule has 0 aromatic carbocycles. The van der Waals surface area contributed by atoms with E-state index in [1.54, 1.807) is 0 Å². The van der Waals surface area contributed by atoms with Gasteiger partial charge in [0.2, 0.25) is 0 Å². The minimum Gasteiger partial charge on any atom is -0.466 e. The largest absolute Gasteiger partial charge is 0.466 e. The lowest BCUT2D eigenvalue weighted by molar-refractivity contribution is -0.191. The second-order valence-corrected chi connectivity index (χ2v) is 2.41. The van der Waals surface area contributed by atoms with E-state index in [0.717, 1.165) is 17.6 Å². The molecule has 13 heavy (non-hydrogen) atoms. The van der Waals surface area contributed by atoms with Gasteiger partial charge in [0.1, 0.15) is 0 Å². The predicted octanol–water partition coefficient (Wildman–Crippen LogP) is 1.32. The summed E-state index contributed by atoms with van der Waals surface area (Å²) in [6.45, 7) is 5.77. The molecule has 0 aliphatic rings. The summed E-state index contributed by atoms with van der Waals surface area (Å²) in [6, 6.07) is 0. The van der Waals surface area contributed by atoms with Crippen LogP contribution in [-0.2, 0) is 19.1 Å². The predicted molar refractivity (Wildman–Crippen MR) is 45.7 cm³/mol. The highest BCUT2D eigenvalue weighted by Gasteiger charge is 2.07. The van der Waals surface area contributed by atoms with Gasteiger partial charge in [0.05, 0.1) is 7.11 Å². The Morgan fingerprint density at radius 1 is 1.31 bits per heavy atom. The molecular formula is C9H14O4. The van der Waals surface area contributed by atoms with Crippen molar-refractivity contribution in [3.63, 3.8) is 0 Å². The molecule has 0 bridgehead atoms. The van der Waals surface area contributed by atoms with Crippen LogP contribution < -0.4 is 0 Å². The van der Waals surface area contributed by atoms with E-state index in [2.05, 4.69) is 4.74 Å². The number of carbonyl (C=O) groups is 1. The van der Waals surface area contributed by atoms with Crippen LogP contribution in [-0.4, -0.2) is 19.2 Å². The number of hydrogen-bond donors (Lipinski definition) is 0. The Hall–Kier alpha value is -1.41. The second kappa shape index (κ2) is 8.68. The first-order valence-electron chi connectivity index (χ1n) is 3.79. The van der Waals surface area contributed by atoms with E-state index in [1.807, 2.05) is 20.8 Å². The first-order chi connectivity index (χ1) is 6.04. The van der Waals surface area contributed by atoms with Crippen molar-refractivity contribution in [1.29, 1.82) is 0 Å². The minimum absolute atomic E-state index is 0.206. The fourth-order valence-electron chi connectivity index (χ4n) is 0.825. The molecule has 0 amide bonds. The van der Waals surface area contributed by atoms with Gasteiger partial charge in [0.25, 0.3) is 0 Å². The van der Waals surface area contributed by atoms with Gasteiger partial charge in [-0.05, 0) is 20.3 Å². The normalized spacial score (nSPS) is 7.38. The summed E-state index contributed by atoms with van der Waals surface area (Å²) in [5.74, 6) is -0.206. The molecule has 0 saturated carbocycles. The third-order valence-corrected chi connectivity index (χ3v) is 1.39. The molecule has 74 valence electrons. The van der Waals surface area contributed by atoms with Gasteiger partial charge in [-0.25, -0.2) is 4.79 Å². The highest BCUT2D eigenvalue weighted by atomic mass is 16.5. The van der Waals surface area contributed by atoms with Crippen LogP contribution >= 0.6 is 0 Å². The smallest absolute Gasteiger partial charge is 0.373 e. The van der Waals surface area contributed by atoms with Crippen molar-refractivity contribution < 1.29 is 19.1 Å². The van der Waals surface area contributed by atoms with E-state index in [4.69, 9.17) is 9.59 Å². The van der Waals surface area contributed by atoms with Gasteiger partial charge in [-0.2, -0.15) is 9.59 Å². The zero-order valence-corrected chi connectivity index (χ0v) is 8.34. The molecule has 0 aliphatic carbocycles. The Kier molecular flexibility index (Phi) is 9.44. The van der Waals surface area contributed by atoms with E-state index in [1.165, 1.54) is 7.11 Å². The maximum Gasteiger partial charge on any atom is 0.373 e. The number of ether oxygens (including phenoxy) is 1. The number of esters is 1. The summed E-state index contributed by atoms with van der Waals surface area (Å²) >= 11 is 0. The Balaban J connectivity index is 0. The van der Waals surface area contributed by atoms with Gasteiger partial charge in [0.15, 0.2) is 0 Å². The van der Waals surface area contributed by atoms with Crippen LogP contribution in [0.5, 0.6) is 0 Å². The molecule has 0 N–H and O–H groups in total. The second-order valence-electron chi connectivity index (χ2n) is 2.41. The summed E-state index contributed by atoms with van der Waals surface area (Å²) in [7, 11) is 1.40. The number of rotatable bonds is 2. The van der Waals surface area contributed by atoms with Crippen molar-refractivity contribution in [3.8, 4) is 0 Å². The molecule has 4 heteroatoms. The molecule has 0 atom stereocenters. The lowest BCUT2D eigenvalue weighted by Gasteiger charge is -2.02. The number of allylic oxidation sites excluding steroid dienone is 1. The minimum atomic E-state index is -0.206. The van der Waals surface area contributed by atoms with Crippen LogP contribution in [0.2, 0.25) is 0 Å². The van der Waals surface area contributed by atoms with Gasteiger partial charge in [-0.15, -0.1) is 0 Å². The van der Waals surface area contributed by atoms with Crippen molar-refractivity contribution in [2.24, 2.45) is 0 Å². The number of hydrogen-bond acceptors (Lipinski definition) is 4. The van der Waals surface area contributed by atoms with E-state index in [0.29, 0.717) is 0 Å². The maximum absolute atomic E-state index is 10.9. The van der Waals surface area contributed by atoms with Crippen molar-refractivity contribution in [2.75, 3.05) is 7.11 Å². The van der Waals surface area contributed by atoms with Gasteiger partial charge >= 0.3 is 12.1 Å². The van der Waals surface area contributed by atoms with E-state index < -0.39 is 0 Å². The summed E-state index contributed by atoms with van der Waals surface area (Å²) in [4.78, 5) is 27.2. The third kappa shape index (κ3) is 6.97. The van der Waals surface area contributed by atoms with Gasteiger partial charge in [0, 0.05) is 5.57 Å². The molecule has 4 nitrogen and oxygen atoms in total. The molecule has 0 unspecified atom stereocenters. The van der Waals surface area contributed by atoms with Crippen LogP contribution in [0.25, 0.3) is 0 Å². The van der Waals surface area contributed by atoms with E-state index in [-0.39, 0.29) is 12.1 Å². The first kappa shape index (κ1) is 14.1. The molecule has 0 aromatic heterocycles. The Morgan fingerprint density at radius 2 is 1.69 bits per heavy atom. The van der Waals surface area contributed by atoms with E-state index >= 15 is 0 Å². The van der Waals surface area contributed by atoms with Crippen LogP contribution in [0.1, 0.15) is 27.2 Å². The van der Waals surface area contributed by atoms with Crippen molar-refractivity contribution >= 4 is 12.1 Å². The summed E-state index contributed by atoms with van der Waals surface area (Å²) in [5.41, 5.74) is 1.82. The Morgan fingerprint density at radius 3 is 1.77 bits per heavy atom. The van der Waals surface area contributed by atoms with Crippen LogP contribution in [0.15, 0.2) is 11.1 Å². The third-order valence-electron chi connectivity index (χ3n) is 1.39. The molecule has 0 heterocycles. The van der Waals surface area contributed by atoms with Gasteiger partial charge in [-0.1, -0.05) is 12.5 Å². The fourth-order valence-corrected chi connectivity index (χ4v) is 0.825. The molecule has 0 spiro atoms. The monoisotopic (exact) mass is 186 g/mol. The molecule has 0 radical (unpaired) electrons. The standard InChI is InChI=1S/C8H14O2.CO2/c1-5-7(6(2)3)8(9)10-4;2-1-3/h5H2,1-4H3;. The van der Waals surface area contributed by atoms with Crippen LogP contribution in [0.3, 0.4) is 0 Å². The van der Waals surface area contributed by atoms with Crippen molar-refractivity contribution in [3.05, 3.63) is 11.1 Å². The highest BCUT2D eigenvalue weighted by molar-refractivity contribution is 5.88. The lowest BCUT2D eigenvalue weighted by atomic mass is 10.1. The Labute approximate surface area is 77.6 Å². The lowest BCUT2D eigenvalue weighted by Crippen LogP contribution is -2.05. The Bertz CT molecular complexity index is 218. The van der Waals surface area contributed by atoms with Gasteiger partial charge in [-0.3, -0.25) is 0 Å². The zero-order valence-electron chi connectivity index (χ0n) is 8.34. The molecular weight excluding hydrogens is 172 g/mol. The van der Waals surface area contributed by atoms with Crippen LogP contribution in [0.4, 0.5) is 0 Å². The zero-order chi connectivity index (χ0) is 10.9. The van der Waals surface area contributed by atoms with Crippen molar-refractivity contribution in [2.45, 2.75) is 27.2 Å². The SMILES string of the molecule is CCC(C(=O)OC)=C(C)C.O=C=O. The number of methoxy groups -OCH3 is 1. The first-order valence-corrected chi connectivity index (χ1v) is 3.79. The number of carbonyl (C=O) groups excluding carboxylic acids is 3. The average molecular weight is 186 g/mol. The molecule has 0 rings (SSSR count). The maximum atomic E-state index is 10.9.